The topological polar surface area (TPSA) is 79.3 Å². The van der Waals surface area contributed by atoms with Gasteiger partial charge in [0.2, 0.25) is 16.1 Å². The summed E-state index contributed by atoms with van der Waals surface area (Å²) in [6.45, 7) is -0.148. The number of sulfonamides is 1. The van der Waals surface area contributed by atoms with Crippen LogP contribution < -0.4 is 0 Å². The molecule has 0 bridgehead atoms. The number of amides is 1. The Kier molecular flexibility index (Phi) is 5.71. The van der Waals surface area contributed by atoms with Crippen molar-refractivity contribution in [3.05, 3.63) is 65.5 Å². The third-order valence-corrected chi connectivity index (χ3v) is 7.14. The molecule has 0 saturated carbocycles. The Morgan fingerprint density at radius 1 is 0.968 bits per heavy atom. The van der Waals surface area contributed by atoms with Crippen LogP contribution in [0.25, 0.3) is 0 Å². The first-order valence-electron chi connectivity index (χ1n) is 9.49. The summed E-state index contributed by atoms with van der Waals surface area (Å²) >= 11 is 0. The number of oxime groups is 1. The van der Waals surface area contributed by atoms with Crippen molar-refractivity contribution in [3.63, 3.8) is 0 Å². The molecule has 1 unspecified atom stereocenters. The van der Waals surface area contributed by atoms with E-state index in [9.17, 15) is 26.4 Å². The van der Waals surface area contributed by atoms with Crippen LogP contribution in [0.2, 0.25) is 0 Å². The van der Waals surface area contributed by atoms with Gasteiger partial charge in [0.15, 0.2) is 17.5 Å². The van der Waals surface area contributed by atoms with E-state index in [1.54, 1.807) is 0 Å². The van der Waals surface area contributed by atoms with Gasteiger partial charge in [0.25, 0.3) is 5.91 Å². The van der Waals surface area contributed by atoms with Gasteiger partial charge in [0.1, 0.15) is 4.90 Å². The van der Waals surface area contributed by atoms with Gasteiger partial charge in [-0.1, -0.05) is 35.5 Å². The number of hydrogen-bond acceptors (Lipinski definition) is 5. The molecule has 2 aliphatic rings. The fourth-order valence-electron chi connectivity index (χ4n) is 3.51. The highest BCUT2D eigenvalue weighted by Crippen LogP contribution is 2.25. The second-order valence-electron chi connectivity index (χ2n) is 7.11. The smallest absolute Gasteiger partial charge is 0.266 e. The van der Waals surface area contributed by atoms with E-state index in [2.05, 4.69) is 5.16 Å². The van der Waals surface area contributed by atoms with Gasteiger partial charge in [-0.05, 0) is 17.7 Å². The second kappa shape index (κ2) is 8.31. The van der Waals surface area contributed by atoms with Gasteiger partial charge in [-0.3, -0.25) is 4.79 Å². The van der Waals surface area contributed by atoms with Gasteiger partial charge < -0.3 is 9.74 Å². The van der Waals surface area contributed by atoms with Crippen LogP contribution in [0.1, 0.15) is 12.0 Å². The first-order valence-corrected chi connectivity index (χ1v) is 10.9. The van der Waals surface area contributed by atoms with Crippen molar-refractivity contribution in [3.8, 4) is 0 Å². The lowest BCUT2D eigenvalue weighted by molar-refractivity contribution is -0.143. The fraction of sp³-hybridized carbons (Fsp3) is 0.300. The quantitative estimate of drug-likeness (QED) is 0.665. The van der Waals surface area contributed by atoms with Gasteiger partial charge in [0.05, 0.1) is 5.71 Å². The van der Waals surface area contributed by atoms with Gasteiger partial charge in [-0.25, -0.2) is 21.6 Å². The molecule has 11 heteroatoms. The molecule has 2 aromatic carbocycles. The zero-order valence-electron chi connectivity index (χ0n) is 16.2. The highest BCUT2D eigenvalue weighted by atomic mass is 32.2. The number of benzene rings is 2. The van der Waals surface area contributed by atoms with Crippen LogP contribution in [-0.4, -0.2) is 61.5 Å². The van der Waals surface area contributed by atoms with Gasteiger partial charge in [-0.2, -0.15) is 4.31 Å². The SMILES string of the molecule is O=C(C1CC(c2ccccc2)=NO1)N1CCN(S(=O)(=O)c2ccc(F)c(F)c2F)CC1. The molecule has 2 heterocycles. The van der Waals surface area contributed by atoms with Crippen LogP contribution in [0.4, 0.5) is 13.2 Å². The molecule has 164 valence electrons. The van der Waals surface area contributed by atoms with Crippen LogP contribution in [-0.2, 0) is 19.7 Å². The van der Waals surface area contributed by atoms with E-state index in [0.717, 1.165) is 9.87 Å². The summed E-state index contributed by atoms with van der Waals surface area (Å²) in [7, 11) is -4.39. The molecule has 1 atom stereocenters. The molecule has 2 aromatic rings. The number of nitrogens with zero attached hydrogens (tertiary/aromatic N) is 3. The summed E-state index contributed by atoms with van der Waals surface area (Å²) < 4.78 is 66.8. The van der Waals surface area contributed by atoms with Crippen LogP contribution in [0.5, 0.6) is 0 Å². The number of halogens is 3. The summed E-state index contributed by atoms with van der Waals surface area (Å²) in [4.78, 5) is 18.5. The maximum Gasteiger partial charge on any atom is 0.266 e. The number of hydrogen-bond donors (Lipinski definition) is 0. The molecule has 31 heavy (non-hydrogen) atoms. The molecule has 0 radical (unpaired) electrons. The number of piperazine rings is 1. The molecule has 0 spiro atoms. The minimum atomic E-state index is -4.39. The summed E-state index contributed by atoms with van der Waals surface area (Å²) in [6, 6.07) is 10.5. The third kappa shape index (κ3) is 4.02. The average Bonchev–Trinajstić information content (AvgIpc) is 3.28. The van der Waals surface area contributed by atoms with Gasteiger partial charge >= 0.3 is 0 Å². The molecule has 4 rings (SSSR count). The molecule has 0 aliphatic carbocycles. The zero-order valence-corrected chi connectivity index (χ0v) is 17.0. The lowest BCUT2D eigenvalue weighted by Gasteiger charge is -2.34. The predicted octanol–water partition coefficient (Wildman–Crippen LogP) is 2.13. The minimum absolute atomic E-state index is 0.0455. The molecule has 7 nitrogen and oxygen atoms in total. The summed E-state index contributed by atoms with van der Waals surface area (Å²) in [5, 5.41) is 3.98. The first kappa shape index (κ1) is 21.3. The third-order valence-electron chi connectivity index (χ3n) is 5.22. The van der Waals surface area contributed by atoms with Gasteiger partial charge in [-0.15, -0.1) is 0 Å². The van der Waals surface area contributed by atoms with Crippen molar-refractivity contribution in [2.24, 2.45) is 5.16 Å². The number of carbonyl (C=O) groups excluding carboxylic acids is 1. The molecule has 0 aromatic heterocycles. The average molecular weight is 453 g/mol. The van der Waals surface area contributed by atoms with E-state index in [1.807, 2.05) is 30.3 Å². The monoisotopic (exact) mass is 453 g/mol. The summed E-state index contributed by atoms with van der Waals surface area (Å²) in [5.74, 6) is -5.41. The molecule has 1 saturated heterocycles. The van der Waals surface area contributed by atoms with E-state index >= 15 is 0 Å². The Balaban J connectivity index is 1.39. The van der Waals surface area contributed by atoms with E-state index in [0.29, 0.717) is 24.3 Å². The van der Waals surface area contributed by atoms with Gasteiger partial charge in [0, 0.05) is 32.6 Å². The highest BCUT2D eigenvalue weighted by molar-refractivity contribution is 7.89. The van der Waals surface area contributed by atoms with Crippen LogP contribution in [0.3, 0.4) is 0 Å². The lowest BCUT2D eigenvalue weighted by Crippen LogP contribution is -2.52. The van der Waals surface area contributed by atoms with Crippen LogP contribution >= 0.6 is 0 Å². The zero-order chi connectivity index (χ0) is 22.2. The van der Waals surface area contributed by atoms with E-state index in [4.69, 9.17) is 4.84 Å². The van der Waals surface area contributed by atoms with Crippen molar-refractivity contribution in [2.45, 2.75) is 17.4 Å². The van der Waals surface area contributed by atoms with E-state index in [-0.39, 0.29) is 32.1 Å². The van der Waals surface area contributed by atoms with Crippen molar-refractivity contribution in [2.75, 3.05) is 26.2 Å². The van der Waals surface area contributed by atoms with Crippen LogP contribution in [0.15, 0.2) is 52.5 Å². The maximum atomic E-state index is 14.0. The first-order chi connectivity index (χ1) is 14.8. The Hall–Kier alpha value is -2.92. The molecule has 1 fully saturated rings. The Labute approximate surface area is 176 Å². The number of carbonyl (C=O) groups is 1. The fourth-order valence-corrected chi connectivity index (χ4v) is 4.99. The standard InChI is InChI=1S/C20H18F3N3O4S/c21-14-6-7-17(19(23)18(14)22)31(28,29)26-10-8-25(9-11-26)20(27)16-12-15(24-30-16)13-4-2-1-3-5-13/h1-7,16H,8-12H2. The molecular formula is C20H18F3N3O4S. The normalized spacial score (nSPS) is 19.8. The van der Waals surface area contributed by atoms with Crippen molar-refractivity contribution in [1.82, 2.24) is 9.21 Å². The molecule has 2 aliphatic heterocycles. The largest absolute Gasteiger partial charge is 0.382 e. The highest BCUT2D eigenvalue weighted by Gasteiger charge is 2.37. The lowest BCUT2D eigenvalue weighted by atomic mass is 10.0. The predicted molar refractivity (Wildman–Crippen MR) is 104 cm³/mol. The Morgan fingerprint density at radius 3 is 2.32 bits per heavy atom. The molecule has 1 amide bonds. The Morgan fingerprint density at radius 2 is 1.65 bits per heavy atom. The maximum absolute atomic E-state index is 14.0. The van der Waals surface area contributed by atoms with Crippen LogP contribution in [0, 0.1) is 17.5 Å². The summed E-state index contributed by atoms with van der Waals surface area (Å²) in [5.41, 5.74) is 1.50. The minimum Gasteiger partial charge on any atom is -0.382 e. The van der Waals surface area contributed by atoms with E-state index in [1.165, 1.54) is 4.90 Å². The number of rotatable bonds is 4. The molecular weight excluding hydrogens is 435 g/mol. The molecule has 0 N–H and O–H groups in total. The van der Waals surface area contributed by atoms with Crippen molar-refractivity contribution in [1.29, 1.82) is 0 Å². The van der Waals surface area contributed by atoms with Crippen molar-refractivity contribution >= 4 is 21.6 Å². The second-order valence-corrected chi connectivity index (χ2v) is 9.01. The Bertz CT molecular complexity index is 1130. The summed E-state index contributed by atoms with van der Waals surface area (Å²) in [6.07, 6.45) is -0.511. The van der Waals surface area contributed by atoms with E-state index < -0.39 is 38.5 Å². The van der Waals surface area contributed by atoms with Crippen molar-refractivity contribution < 1.29 is 31.2 Å².